The lowest BCUT2D eigenvalue weighted by Crippen LogP contribution is -2.31. The number of para-hydroxylation sites is 1. The minimum absolute atomic E-state index is 0.0572. The summed E-state index contributed by atoms with van der Waals surface area (Å²) in [6.07, 6.45) is 2.02. The van der Waals surface area contributed by atoms with E-state index in [2.05, 4.69) is 20.5 Å². The van der Waals surface area contributed by atoms with Gasteiger partial charge in [-0.2, -0.15) is 0 Å². The monoisotopic (exact) mass is 513 g/mol. The molecule has 3 heterocycles. The van der Waals surface area contributed by atoms with Gasteiger partial charge in [0.25, 0.3) is 5.56 Å². The number of carbonyl (C=O) groups excluding carboxylic acids is 2. The van der Waals surface area contributed by atoms with Crippen LogP contribution in [0.1, 0.15) is 40.1 Å². The average molecular weight is 514 g/mol. The third-order valence-electron chi connectivity index (χ3n) is 5.19. The molecule has 1 N–H and O–H groups in total. The molecule has 12 heteroatoms. The number of fused-ring (bicyclic) bond motifs is 1. The molecule has 0 aliphatic carbocycles. The van der Waals surface area contributed by atoms with Crippen LogP contribution in [0.15, 0.2) is 41.5 Å². The van der Waals surface area contributed by atoms with Crippen molar-refractivity contribution in [2.24, 2.45) is 0 Å². The summed E-state index contributed by atoms with van der Waals surface area (Å²) in [5.74, 6) is -0.290. The molecule has 0 aliphatic rings. The Labute approximate surface area is 208 Å². The topological polar surface area (TPSA) is 125 Å². The van der Waals surface area contributed by atoms with E-state index in [-0.39, 0.29) is 18.6 Å². The number of aromatic nitrogens is 4. The summed E-state index contributed by atoms with van der Waals surface area (Å²) in [6.45, 7) is 5.46. The fourth-order valence-corrected chi connectivity index (χ4v) is 4.98. The maximum absolute atomic E-state index is 13.2. The number of esters is 1. The number of hydrogen-bond acceptors (Lipinski definition) is 10. The van der Waals surface area contributed by atoms with Crippen LogP contribution in [0.25, 0.3) is 10.2 Å². The zero-order chi connectivity index (χ0) is 24.9. The molecule has 1 amide bonds. The zero-order valence-corrected chi connectivity index (χ0v) is 20.9. The van der Waals surface area contributed by atoms with Crippen molar-refractivity contribution in [2.75, 3.05) is 18.5 Å². The van der Waals surface area contributed by atoms with Crippen molar-refractivity contribution in [1.82, 2.24) is 19.7 Å². The van der Waals surface area contributed by atoms with Gasteiger partial charge in [-0.3, -0.25) is 19.5 Å². The summed E-state index contributed by atoms with van der Waals surface area (Å²) in [5, 5.41) is 12.0. The lowest BCUT2D eigenvalue weighted by molar-refractivity contribution is -0.118. The summed E-state index contributed by atoms with van der Waals surface area (Å²) in [4.78, 5) is 43.6. The van der Waals surface area contributed by atoms with Crippen molar-refractivity contribution in [1.29, 1.82) is 0 Å². The normalized spacial score (nSPS) is 11.9. The highest BCUT2D eigenvalue weighted by atomic mass is 32.1. The number of carbonyl (C=O) groups is 2. The second-order valence-electron chi connectivity index (χ2n) is 7.51. The van der Waals surface area contributed by atoms with Crippen molar-refractivity contribution < 1.29 is 19.1 Å². The molecule has 0 saturated heterocycles. The number of ether oxygens (including phenoxy) is 2. The Morgan fingerprint density at radius 3 is 2.63 bits per heavy atom. The van der Waals surface area contributed by atoms with Crippen molar-refractivity contribution in [3.05, 3.63) is 62.5 Å². The molecule has 1 unspecified atom stereocenters. The van der Waals surface area contributed by atoms with Gasteiger partial charge in [0.05, 0.1) is 11.7 Å². The first kappa shape index (κ1) is 24.5. The summed E-state index contributed by atoms with van der Waals surface area (Å²) in [6, 6.07) is 8.36. The van der Waals surface area contributed by atoms with E-state index in [1.165, 1.54) is 22.2 Å². The zero-order valence-electron chi connectivity index (χ0n) is 19.3. The van der Waals surface area contributed by atoms with Crippen molar-refractivity contribution in [2.45, 2.75) is 33.2 Å². The molecule has 0 radical (unpaired) electrons. The molecule has 1 atom stereocenters. The second-order valence-corrected chi connectivity index (χ2v) is 9.57. The highest BCUT2D eigenvalue weighted by Gasteiger charge is 2.24. The summed E-state index contributed by atoms with van der Waals surface area (Å²) < 4.78 is 12.1. The van der Waals surface area contributed by atoms with Crippen LogP contribution < -0.4 is 15.6 Å². The average Bonchev–Trinajstić information content (AvgIpc) is 3.46. The quantitative estimate of drug-likeness (QED) is 0.266. The molecule has 0 fully saturated rings. The number of anilines is 1. The number of nitrogens with one attached hydrogen (secondary N) is 1. The van der Waals surface area contributed by atoms with Gasteiger partial charge in [0.1, 0.15) is 39.7 Å². The maximum Gasteiger partial charge on any atom is 0.348 e. The molecule has 182 valence electrons. The van der Waals surface area contributed by atoms with Gasteiger partial charge in [-0.05, 0) is 38.0 Å². The van der Waals surface area contributed by atoms with E-state index in [1.807, 2.05) is 37.3 Å². The van der Waals surface area contributed by atoms with Crippen molar-refractivity contribution >= 4 is 49.9 Å². The molecule has 3 aromatic heterocycles. The van der Waals surface area contributed by atoms with Crippen LogP contribution in [0.3, 0.4) is 0 Å². The Morgan fingerprint density at radius 1 is 1.14 bits per heavy atom. The molecular weight excluding hydrogens is 490 g/mol. The van der Waals surface area contributed by atoms with Gasteiger partial charge in [0.2, 0.25) is 11.0 Å². The Bertz CT molecular complexity index is 1410. The summed E-state index contributed by atoms with van der Waals surface area (Å²) in [7, 11) is 0. The highest BCUT2D eigenvalue weighted by molar-refractivity contribution is 7.20. The van der Waals surface area contributed by atoms with Crippen molar-refractivity contribution in [3.8, 4) is 5.75 Å². The van der Waals surface area contributed by atoms with Gasteiger partial charge in [-0.25, -0.2) is 9.78 Å². The minimum Gasteiger partial charge on any atom is -0.490 e. The van der Waals surface area contributed by atoms with E-state index in [4.69, 9.17) is 9.47 Å². The van der Waals surface area contributed by atoms with Crippen LogP contribution in [-0.2, 0) is 16.0 Å². The van der Waals surface area contributed by atoms with E-state index >= 15 is 0 Å². The number of aryl methyl sites for hydroxylation is 2. The fraction of sp³-hybridized carbons (Fsp3) is 0.304. The van der Waals surface area contributed by atoms with E-state index in [0.29, 0.717) is 32.6 Å². The lowest BCUT2D eigenvalue weighted by Gasteiger charge is -2.13. The molecule has 4 aromatic rings. The molecule has 0 spiro atoms. The number of amides is 1. The lowest BCUT2D eigenvalue weighted by atomic mass is 10.2. The largest absolute Gasteiger partial charge is 0.490 e. The number of thiophene rings is 1. The summed E-state index contributed by atoms with van der Waals surface area (Å²) >= 11 is 2.36. The first-order chi connectivity index (χ1) is 16.9. The predicted octanol–water partition coefficient (Wildman–Crippen LogP) is 3.62. The molecule has 0 aliphatic heterocycles. The Morgan fingerprint density at radius 2 is 1.91 bits per heavy atom. The second kappa shape index (κ2) is 10.7. The van der Waals surface area contributed by atoms with Gasteiger partial charge in [-0.1, -0.05) is 36.5 Å². The minimum atomic E-state index is -0.849. The molecule has 0 bridgehead atoms. The SMILES string of the molecule is CCc1nnc(NC(=O)C(C)n2cnc3sc(C(=O)OCCOc4ccccc4)c(C)c3c2=O)s1. The predicted molar refractivity (Wildman–Crippen MR) is 133 cm³/mol. The standard InChI is InChI=1S/C23H23N5O5S2/c1-4-16-26-27-23(34-16)25-19(29)14(3)28-12-24-20-17(21(28)30)13(2)18(35-20)22(31)33-11-10-32-15-8-6-5-7-9-15/h5-9,12,14H,4,10-11H2,1-3H3,(H,25,27,29). The Kier molecular flexibility index (Phi) is 7.51. The van der Waals surface area contributed by atoms with Gasteiger partial charge in [0.15, 0.2) is 0 Å². The molecule has 35 heavy (non-hydrogen) atoms. The van der Waals surface area contributed by atoms with Crippen LogP contribution >= 0.6 is 22.7 Å². The van der Waals surface area contributed by atoms with E-state index in [9.17, 15) is 14.4 Å². The number of rotatable bonds is 9. The molecule has 0 saturated carbocycles. The number of nitrogens with zero attached hydrogens (tertiary/aromatic N) is 4. The van der Waals surface area contributed by atoms with Gasteiger partial charge < -0.3 is 9.47 Å². The van der Waals surface area contributed by atoms with E-state index in [1.54, 1.807) is 13.8 Å². The van der Waals surface area contributed by atoms with Gasteiger partial charge >= 0.3 is 5.97 Å². The highest BCUT2D eigenvalue weighted by Crippen LogP contribution is 2.28. The third kappa shape index (κ3) is 5.38. The Balaban J connectivity index is 1.46. The Hall–Kier alpha value is -3.64. The number of hydrogen-bond donors (Lipinski definition) is 1. The first-order valence-corrected chi connectivity index (χ1v) is 12.5. The van der Waals surface area contributed by atoms with Crippen LogP contribution in [0, 0.1) is 6.92 Å². The van der Waals surface area contributed by atoms with Gasteiger partial charge in [-0.15, -0.1) is 21.5 Å². The molecule has 4 rings (SSSR count). The van der Waals surface area contributed by atoms with Crippen LogP contribution in [0.4, 0.5) is 5.13 Å². The first-order valence-electron chi connectivity index (χ1n) is 10.9. The van der Waals surface area contributed by atoms with Crippen LogP contribution in [0.2, 0.25) is 0 Å². The fourth-order valence-electron chi connectivity index (χ4n) is 3.27. The molecule has 10 nitrogen and oxygen atoms in total. The molecule has 1 aromatic carbocycles. The van der Waals surface area contributed by atoms with Crippen LogP contribution in [0.5, 0.6) is 5.75 Å². The number of benzene rings is 1. The smallest absolute Gasteiger partial charge is 0.348 e. The van der Waals surface area contributed by atoms with Crippen molar-refractivity contribution in [3.63, 3.8) is 0 Å². The van der Waals surface area contributed by atoms with Gasteiger partial charge in [0, 0.05) is 0 Å². The van der Waals surface area contributed by atoms with E-state index in [0.717, 1.165) is 16.3 Å². The third-order valence-corrected chi connectivity index (χ3v) is 7.35. The van der Waals surface area contributed by atoms with Crippen LogP contribution in [-0.4, -0.2) is 44.8 Å². The summed E-state index contributed by atoms with van der Waals surface area (Å²) in [5.41, 5.74) is 0.0551. The molecular formula is C23H23N5O5S2. The maximum atomic E-state index is 13.2. The van der Waals surface area contributed by atoms with E-state index < -0.39 is 23.5 Å².